The van der Waals surface area contributed by atoms with Gasteiger partial charge in [-0.05, 0) is 12.1 Å². The van der Waals surface area contributed by atoms with Crippen LogP contribution in [0.3, 0.4) is 0 Å². The zero-order valence-electron chi connectivity index (χ0n) is 13.1. The molecule has 2 aliphatic rings. The number of halogens is 1. The second-order valence-electron chi connectivity index (χ2n) is 5.56. The monoisotopic (exact) mass is 337 g/mol. The maximum atomic E-state index is 14.0. The van der Waals surface area contributed by atoms with Crippen molar-refractivity contribution in [3.8, 4) is 0 Å². The second kappa shape index (κ2) is 5.55. The van der Waals surface area contributed by atoms with Gasteiger partial charge in [-0.25, -0.2) is 9.18 Å². The first-order valence-electron chi connectivity index (χ1n) is 7.53. The number of fused-ring (bicyclic) bond motifs is 2. The van der Waals surface area contributed by atoms with Crippen LogP contribution in [0.1, 0.15) is 18.1 Å². The highest BCUT2D eigenvalue weighted by Gasteiger charge is 2.35. The number of benzene rings is 2. The van der Waals surface area contributed by atoms with Gasteiger partial charge in [-0.1, -0.05) is 35.5 Å². The van der Waals surface area contributed by atoms with Crippen molar-refractivity contribution in [1.29, 1.82) is 0 Å². The summed E-state index contributed by atoms with van der Waals surface area (Å²) in [7, 11) is 0. The maximum Gasteiger partial charge on any atom is 0.332 e. The molecule has 2 aromatic rings. The number of carbonyl (C=O) groups excluding carboxylic acids is 2. The van der Waals surface area contributed by atoms with Crippen LogP contribution in [0, 0.1) is 5.82 Å². The molecule has 124 valence electrons. The lowest BCUT2D eigenvalue weighted by Crippen LogP contribution is -2.13. The van der Waals surface area contributed by atoms with Crippen LogP contribution >= 0.6 is 0 Å². The van der Waals surface area contributed by atoms with Crippen molar-refractivity contribution in [3.63, 3.8) is 0 Å². The predicted molar refractivity (Wildman–Crippen MR) is 90.3 cm³/mol. The largest absolute Gasteiger partial charge is 0.352 e. The molecule has 1 amide bonds. The number of rotatable bonds is 1. The molecule has 0 saturated carbocycles. The van der Waals surface area contributed by atoms with E-state index in [2.05, 4.69) is 15.8 Å². The molecule has 4 rings (SSSR count). The molecular formula is C18H12FN3O3. The van der Waals surface area contributed by atoms with E-state index in [0.29, 0.717) is 28.2 Å². The summed E-state index contributed by atoms with van der Waals surface area (Å²) in [5, 5.41) is 9.54. The third-order valence-electron chi connectivity index (χ3n) is 3.94. The quantitative estimate of drug-likeness (QED) is 0.476. The Kier molecular flexibility index (Phi) is 3.35. The van der Waals surface area contributed by atoms with Gasteiger partial charge < -0.3 is 15.5 Å². The third kappa shape index (κ3) is 2.37. The van der Waals surface area contributed by atoms with E-state index in [1.807, 2.05) is 12.1 Å². The van der Waals surface area contributed by atoms with Gasteiger partial charge in [0, 0.05) is 23.7 Å². The Morgan fingerprint density at radius 1 is 1.08 bits per heavy atom. The molecular weight excluding hydrogens is 325 g/mol. The minimum atomic E-state index is -0.580. The van der Waals surface area contributed by atoms with Gasteiger partial charge >= 0.3 is 5.97 Å². The van der Waals surface area contributed by atoms with Crippen LogP contribution < -0.4 is 10.6 Å². The highest BCUT2D eigenvalue weighted by molar-refractivity contribution is 6.39. The van der Waals surface area contributed by atoms with Crippen LogP contribution in [0.2, 0.25) is 0 Å². The van der Waals surface area contributed by atoms with Crippen LogP contribution in [0.25, 0.3) is 5.57 Å². The number of nitrogens with one attached hydrogen (secondary N) is 2. The normalized spacial score (nSPS) is 19.3. The summed E-state index contributed by atoms with van der Waals surface area (Å²) >= 11 is 0. The van der Waals surface area contributed by atoms with E-state index in [4.69, 9.17) is 4.84 Å². The van der Waals surface area contributed by atoms with Crippen LogP contribution in [-0.4, -0.2) is 17.6 Å². The molecule has 0 aliphatic carbocycles. The number of nitrogens with zero attached hydrogens (tertiary/aromatic N) is 1. The molecule has 6 nitrogen and oxygen atoms in total. The summed E-state index contributed by atoms with van der Waals surface area (Å²) in [4.78, 5) is 28.4. The highest BCUT2D eigenvalue weighted by atomic mass is 19.1. The Hall–Kier alpha value is -3.48. The van der Waals surface area contributed by atoms with Gasteiger partial charge in [0.1, 0.15) is 11.5 Å². The Morgan fingerprint density at radius 2 is 1.84 bits per heavy atom. The van der Waals surface area contributed by atoms with E-state index in [1.54, 1.807) is 18.2 Å². The number of oxime groups is 1. The number of allylic oxidation sites excluding steroid dienone is 1. The lowest BCUT2D eigenvalue weighted by Gasteiger charge is -2.06. The molecule has 2 heterocycles. The molecule has 25 heavy (non-hydrogen) atoms. The molecule has 0 fully saturated rings. The number of carbonyl (C=O) groups is 2. The summed E-state index contributed by atoms with van der Waals surface area (Å²) in [5.41, 5.74) is 2.88. The molecule has 2 aromatic carbocycles. The van der Waals surface area contributed by atoms with Gasteiger partial charge in [0.2, 0.25) is 0 Å². The average Bonchev–Trinajstić information content (AvgIpc) is 3.10. The predicted octanol–water partition coefficient (Wildman–Crippen LogP) is 2.88. The molecule has 0 spiro atoms. The van der Waals surface area contributed by atoms with Crippen molar-refractivity contribution in [2.24, 2.45) is 5.16 Å². The zero-order chi connectivity index (χ0) is 17.6. The Bertz CT molecular complexity index is 995. The third-order valence-corrected chi connectivity index (χ3v) is 3.94. The Balaban J connectivity index is 1.94. The van der Waals surface area contributed by atoms with Gasteiger partial charge in [-0.2, -0.15) is 0 Å². The van der Waals surface area contributed by atoms with Crippen molar-refractivity contribution < 1.29 is 18.8 Å². The molecule has 0 saturated heterocycles. The van der Waals surface area contributed by atoms with E-state index in [0.717, 1.165) is 0 Å². The van der Waals surface area contributed by atoms with Crippen molar-refractivity contribution >= 4 is 34.5 Å². The lowest BCUT2D eigenvalue weighted by molar-refractivity contribution is -0.140. The van der Waals surface area contributed by atoms with Crippen LogP contribution in [0.5, 0.6) is 0 Å². The first-order valence-corrected chi connectivity index (χ1v) is 7.53. The summed E-state index contributed by atoms with van der Waals surface area (Å²) in [6, 6.07) is 11.7. The molecule has 0 atom stereocenters. The zero-order valence-corrected chi connectivity index (χ0v) is 13.1. The minimum Gasteiger partial charge on any atom is -0.352 e. The minimum absolute atomic E-state index is 0.125. The number of amides is 1. The molecule has 7 heteroatoms. The molecule has 0 bridgehead atoms. The second-order valence-corrected chi connectivity index (χ2v) is 5.56. The van der Waals surface area contributed by atoms with E-state index in [-0.39, 0.29) is 11.3 Å². The standard InChI is InChI=1S/C18H12FN3O3/c1-9(23)25-22-16-10-5-2-3-8-13(10)20-17(16)14-11-6-4-7-12(19)15(11)21-18(14)24/h2-8,20H,1H3,(H,21,24)/b17-14-,22-16+. The lowest BCUT2D eigenvalue weighted by atomic mass is 10.0. The summed E-state index contributed by atoms with van der Waals surface area (Å²) in [6.07, 6.45) is 0. The van der Waals surface area contributed by atoms with E-state index < -0.39 is 17.7 Å². The fourth-order valence-electron chi connectivity index (χ4n) is 2.92. The van der Waals surface area contributed by atoms with Gasteiger partial charge in [0.15, 0.2) is 0 Å². The van der Waals surface area contributed by atoms with Crippen LogP contribution in [0.15, 0.2) is 53.3 Å². The van der Waals surface area contributed by atoms with Crippen LogP contribution in [-0.2, 0) is 14.4 Å². The average molecular weight is 337 g/mol. The Labute approximate surface area is 142 Å². The summed E-state index contributed by atoms with van der Waals surface area (Å²) < 4.78 is 14.0. The van der Waals surface area contributed by atoms with Crippen molar-refractivity contribution in [3.05, 3.63) is 65.1 Å². The molecule has 2 N–H and O–H groups in total. The highest BCUT2D eigenvalue weighted by Crippen LogP contribution is 2.39. The summed E-state index contributed by atoms with van der Waals surface area (Å²) in [5.74, 6) is -1.55. The molecule has 2 aliphatic heterocycles. The number of hydrogen-bond acceptors (Lipinski definition) is 5. The van der Waals surface area contributed by atoms with Crippen molar-refractivity contribution in [1.82, 2.24) is 0 Å². The van der Waals surface area contributed by atoms with Gasteiger partial charge in [-0.3, -0.25) is 4.79 Å². The number of anilines is 2. The molecule has 0 aromatic heterocycles. The van der Waals surface area contributed by atoms with E-state index in [1.165, 1.54) is 19.1 Å². The van der Waals surface area contributed by atoms with Gasteiger partial charge in [0.05, 0.1) is 17.0 Å². The maximum absolute atomic E-state index is 14.0. The number of hydrogen-bond donors (Lipinski definition) is 2. The van der Waals surface area contributed by atoms with Crippen molar-refractivity contribution in [2.75, 3.05) is 10.6 Å². The topological polar surface area (TPSA) is 79.8 Å². The molecule has 0 unspecified atom stereocenters. The van der Waals surface area contributed by atoms with Crippen LogP contribution in [0.4, 0.5) is 15.8 Å². The van der Waals surface area contributed by atoms with Gasteiger partial charge in [-0.15, -0.1) is 0 Å². The number of para-hydroxylation sites is 2. The molecule has 0 radical (unpaired) electrons. The van der Waals surface area contributed by atoms with E-state index in [9.17, 15) is 14.0 Å². The fraction of sp³-hybridized carbons (Fsp3) is 0.0556. The first kappa shape index (κ1) is 15.1. The SMILES string of the molecule is CC(=O)O/N=C1/C(=C2/C(=O)Nc3c(F)cccc32)Nc2ccccc21. The van der Waals surface area contributed by atoms with Gasteiger partial charge in [0.25, 0.3) is 5.91 Å². The van der Waals surface area contributed by atoms with Crippen molar-refractivity contribution in [2.45, 2.75) is 6.92 Å². The summed E-state index contributed by atoms with van der Waals surface area (Å²) in [6.45, 7) is 1.23. The van der Waals surface area contributed by atoms with E-state index >= 15 is 0 Å². The Morgan fingerprint density at radius 3 is 2.64 bits per heavy atom. The fourth-order valence-corrected chi connectivity index (χ4v) is 2.92. The first-order chi connectivity index (χ1) is 12.1. The smallest absolute Gasteiger partial charge is 0.332 e.